The van der Waals surface area contributed by atoms with Crippen LogP contribution in [-0.4, -0.2) is 30.2 Å². The Kier molecular flexibility index (Phi) is 2.77. The van der Waals surface area contributed by atoms with Crippen molar-refractivity contribution in [2.45, 2.75) is 26.7 Å². The molecule has 0 aliphatic carbocycles. The minimum absolute atomic E-state index is 0.00699. The molecule has 0 aromatic heterocycles. The van der Waals surface area contributed by atoms with Gasteiger partial charge < -0.3 is 4.90 Å². The molecule has 90 valence electrons. The third kappa shape index (κ3) is 1.86. The Labute approximate surface area is 101 Å². The lowest BCUT2D eigenvalue weighted by molar-refractivity contribution is -0.128. The van der Waals surface area contributed by atoms with Gasteiger partial charge in [0.15, 0.2) is 5.78 Å². The molecular weight excluding hydrogens is 214 g/mol. The van der Waals surface area contributed by atoms with E-state index in [2.05, 4.69) is 0 Å². The van der Waals surface area contributed by atoms with Gasteiger partial charge in [0.2, 0.25) is 5.91 Å². The summed E-state index contributed by atoms with van der Waals surface area (Å²) >= 11 is 0. The quantitative estimate of drug-likeness (QED) is 0.690. The number of likely N-dealkylation sites (tertiary alicyclic amines) is 1. The molecule has 0 spiro atoms. The van der Waals surface area contributed by atoms with Crippen LogP contribution in [0.2, 0.25) is 0 Å². The molecule has 17 heavy (non-hydrogen) atoms. The summed E-state index contributed by atoms with van der Waals surface area (Å²) < 4.78 is 0. The highest BCUT2D eigenvalue weighted by molar-refractivity contribution is 6.13. The summed E-state index contributed by atoms with van der Waals surface area (Å²) in [5.41, 5.74) is 4.12. The van der Waals surface area contributed by atoms with Crippen LogP contribution in [0.4, 0.5) is 0 Å². The molecule has 1 aromatic carbocycles. The van der Waals surface area contributed by atoms with Crippen molar-refractivity contribution < 1.29 is 9.59 Å². The Morgan fingerprint density at radius 3 is 2.06 bits per heavy atom. The van der Waals surface area contributed by atoms with Gasteiger partial charge in [-0.05, 0) is 37.5 Å². The molecule has 3 heteroatoms. The number of hydrogen-bond acceptors (Lipinski definition) is 2. The lowest BCUT2D eigenvalue weighted by Gasteiger charge is -2.15. The van der Waals surface area contributed by atoms with E-state index in [-0.39, 0.29) is 18.2 Å². The first-order valence-electron chi connectivity index (χ1n) is 5.77. The van der Waals surface area contributed by atoms with Crippen molar-refractivity contribution in [1.29, 1.82) is 0 Å². The smallest absolute Gasteiger partial charge is 0.237 e. The van der Waals surface area contributed by atoms with Crippen LogP contribution < -0.4 is 0 Å². The van der Waals surface area contributed by atoms with Crippen LogP contribution in [0, 0.1) is 20.8 Å². The summed E-state index contributed by atoms with van der Waals surface area (Å²) in [6.45, 7) is 6.19. The standard InChI is InChI=1S/C14H17NO2/c1-8-5-9(2)12(10(3)6-8)13-11(16)7-15(4)14(13)17/h5-6,13H,7H2,1-4H3. The van der Waals surface area contributed by atoms with Crippen LogP contribution in [0.3, 0.4) is 0 Å². The maximum atomic E-state index is 12.0. The molecule has 0 radical (unpaired) electrons. The predicted octanol–water partition coefficient (Wildman–Crippen LogP) is 1.74. The van der Waals surface area contributed by atoms with Crippen LogP contribution in [0.15, 0.2) is 12.1 Å². The molecule has 1 amide bonds. The number of carbonyl (C=O) groups is 2. The zero-order chi connectivity index (χ0) is 12.7. The Morgan fingerprint density at radius 1 is 1.12 bits per heavy atom. The third-order valence-electron chi connectivity index (χ3n) is 3.36. The monoisotopic (exact) mass is 231 g/mol. The Hall–Kier alpha value is -1.64. The van der Waals surface area contributed by atoms with Crippen molar-refractivity contribution in [3.05, 3.63) is 34.4 Å². The molecule has 0 N–H and O–H groups in total. The Balaban J connectivity index is 2.55. The van der Waals surface area contributed by atoms with Gasteiger partial charge in [0.25, 0.3) is 0 Å². The van der Waals surface area contributed by atoms with E-state index < -0.39 is 5.92 Å². The number of Topliss-reactive ketones (excluding diaryl/α,β-unsaturated/α-hetero) is 1. The van der Waals surface area contributed by atoms with E-state index in [1.54, 1.807) is 7.05 Å². The minimum Gasteiger partial charge on any atom is -0.337 e. The maximum absolute atomic E-state index is 12.0. The summed E-state index contributed by atoms with van der Waals surface area (Å²) in [6, 6.07) is 4.06. The molecule has 2 rings (SSSR count). The zero-order valence-corrected chi connectivity index (χ0v) is 10.7. The van der Waals surface area contributed by atoms with Crippen LogP contribution in [0.5, 0.6) is 0 Å². The SMILES string of the molecule is Cc1cc(C)c(C2C(=O)CN(C)C2=O)c(C)c1. The van der Waals surface area contributed by atoms with Gasteiger partial charge in [-0.3, -0.25) is 9.59 Å². The van der Waals surface area contributed by atoms with Crippen molar-refractivity contribution in [3.8, 4) is 0 Å². The van der Waals surface area contributed by atoms with Gasteiger partial charge in [-0.1, -0.05) is 17.7 Å². The summed E-state index contributed by atoms with van der Waals surface area (Å²) in [5, 5.41) is 0. The summed E-state index contributed by atoms with van der Waals surface area (Å²) in [5.74, 6) is -0.654. The Morgan fingerprint density at radius 2 is 1.65 bits per heavy atom. The zero-order valence-electron chi connectivity index (χ0n) is 10.7. The molecule has 1 heterocycles. The first kappa shape index (κ1) is 11.8. The number of nitrogens with zero attached hydrogens (tertiary/aromatic N) is 1. The molecule has 1 atom stereocenters. The third-order valence-corrected chi connectivity index (χ3v) is 3.36. The maximum Gasteiger partial charge on any atom is 0.237 e. The van der Waals surface area contributed by atoms with E-state index in [0.717, 1.165) is 22.3 Å². The molecular formula is C14H17NO2. The fraction of sp³-hybridized carbons (Fsp3) is 0.429. The highest BCUT2D eigenvalue weighted by Gasteiger charge is 2.39. The topological polar surface area (TPSA) is 37.4 Å². The van der Waals surface area contributed by atoms with Crippen molar-refractivity contribution in [2.24, 2.45) is 0 Å². The van der Waals surface area contributed by atoms with E-state index in [1.165, 1.54) is 4.90 Å². The summed E-state index contributed by atoms with van der Waals surface area (Å²) in [7, 11) is 1.68. The second-order valence-corrected chi connectivity index (χ2v) is 4.91. The molecule has 1 unspecified atom stereocenters. The number of carbonyl (C=O) groups excluding carboxylic acids is 2. The highest BCUT2D eigenvalue weighted by atomic mass is 16.2. The average Bonchev–Trinajstić information content (AvgIpc) is 2.43. The Bertz CT molecular complexity index is 482. The minimum atomic E-state index is -0.583. The molecule has 1 saturated heterocycles. The van der Waals surface area contributed by atoms with Gasteiger partial charge in [0.1, 0.15) is 5.92 Å². The van der Waals surface area contributed by atoms with Crippen LogP contribution in [0.1, 0.15) is 28.2 Å². The molecule has 0 bridgehead atoms. The fourth-order valence-electron chi connectivity index (χ4n) is 2.69. The van der Waals surface area contributed by atoms with Gasteiger partial charge in [0, 0.05) is 7.05 Å². The first-order chi connectivity index (χ1) is 7.91. The molecule has 1 aromatic rings. The van der Waals surface area contributed by atoms with E-state index >= 15 is 0 Å². The van der Waals surface area contributed by atoms with Crippen molar-refractivity contribution >= 4 is 11.7 Å². The first-order valence-corrected chi connectivity index (χ1v) is 5.77. The summed E-state index contributed by atoms with van der Waals surface area (Å²) in [4.78, 5) is 25.4. The van der Waals surface area contributed by atoms with Crippen LogP contribution >= 0.6 is 0 Å². The number of ketones is 1. The molecule has 3 nitrogen and oxygen atoms in total. The number of aryl methyl sites for hydroxylation is 3. The van der Waals surface area contributed by atoms with Crippen molar-refractivity contribution in [1.82, 2.24) is 4.90 Å². The summed E-state index contributed by atoms with van der Waals surface area (Å²) in [6.07, 6.45) is 0. The fourth-order valence-corrected chi connectivity index (χ4v) is 2.69. The molecule has 1 aliphatic rings. The van der Waals surface area contributed by atoms with E-state index in [0.29, 0.717) is 0 Å². The predicted molar refractivity (Wildman–Crippen MR) is 66.0 cm³/mol. The van der Waals surface area contributed by atoms with E-state index in [4.69, 9.17) is 0 Å². The van der Waals surface area contributed by atoms with Gasteiger partial charge >= 0.3 is 0 Å². The lowest BCUT2D eigenvalue weighted by Crippen LogP contribution is -2.22. The van der Waals surface area contributed by atoms with Crippen LogP contribution in [-0.2, 0) is 9.59 Å². The van der Waals surface area contributed by atoms with Crippen molar-refractivity contribution in [3.63, 3.8) is 0 Å². The van der Waals surface area contributed by atoms with Crippen LogP contribution in [0.25, 0.3) is 0 Å². The second kappa shape index (κ2) is 3.99. The number of amides is 1. The average molecular weight is 231 g/mol. The van der Waals surface area contributed by atoms with Gasteiger partial charge in [-0.15, -0.1) is 0 Å². The highest BCUT2D eigenvalue weighted by Crippen LogP contribution is 2.30. The van der Waals surface area contributed by atoms with Gasteiger partial charge in [-0.2, -0.15) is 0 Å². The van der Waals surface area contributed by atoms with Gasteiger partial charge in [-0.25, -0.2) is 0 Å². The second-order valence-electron chi connectivity index (χ2n) is 4.91. The lowest BCUT2D eigenvalue weighted by atomic mass is 9.88. The largest absolute Gasteiger partial charge is 0.337 e. The number of rotatable bonds is 1. The number of likely N-dealkylation sites (N-methyl/N-ethyl adjacent to an activating group) is 1. The molecule has 1 aliphatic heterocycles. The van der Waals surface area contributed by atoms with E-state index in [1.807, 2.05) is 32.9 Å². The van der Waals surface area contributed by atoms with E-state index in [9.17, 15) is 9.59 Å². The van der Waals surface area contributed by atoms with Crippen molar-refractivity contribution in [2.75, 3.05) is 13.6 Å². The number of benzene rings is 1. The normalized spacial score (nSPS) is 20.2. The molecule has 1 fully saturated rings. The number of hydrogen-bond donors (Lipinski definition) is 0. The molecule has 0 saturated carbocycles. The van der Waals surface area contributed by atoms with Gasteiger partial charge in [0.05, 0.1) is 6.54 Å².